The first-order chi connectivity index (χ1) is 15.6. The molecule has 4 N–H and O–H groups in total. The summed E-state index contributed by atoms with van der Waals surface area (Å²) in [7, 11) is 0. The molecule has 1 aromatic rings. The second-order valence-corrected chi connectivity index (χ2v) is 8.11. The largest absolute Gasteiger partial charge is 0.449 e. The van der Waals surface area contributed by atoms with Gasteiger partial charge in [0.15, 0.2) is 24.2 Å². The minimum absolute atomic E-state index is 0.148. The van der Waals surface area contributed by atoms with Crippen LogP contribution in [-0.2, 0) is 18.9 Å². The van der Waals surface area contributed by atoms with Gasteiger partial charge in [-0.3, -0.25) is 9.88 Å². The van der Waals surface area contributed by atoms with E-state index in [0.29, 0.717) is 6.42 Å². The van der Waals surface area contributed by atoms with Gasteiger partial charge in [-0.05, 0) is 20.3 Å². The van der Waals surface area contributed by atoms with E-state index in [1.54, 1.807) is 13.8 Å². The molecule has 0 radical (unpaired) electrons. The zero-order chi connectivity index (χ0) is 24.3. The van der Waals surface area contributed by atoms with Crippen molar-refractivity contribution in [3.8, 4) is 0 Å². The Morgan fingerprint density at radius 1 is 1.18 bits per heavy atom. The summed E-state index contributed by atoms with van der Waals surface area (Å²) in [6.07, 6.45) is -6.79. The van der Waals surface area contributed by atoms with E-state index in [1.165, 1.54) is 0 Å². The van der Waals surface area contributed by atoms with Crippen molar-refractivity contribution in [3.63, 3.8) is 0 Å². The molecule has 3 rings (SSSR count). The Labute approximate surface area is 189 Å². The van der Waals surface area contributed by atoms with Crippen LogP contribution in [0.5, 0.6) is 0 Å². The number of amides is 1. The van der Waals surface area contributed by atoms with Gasteiger partial charge in [-0.15, -0.1) is 0 Å². The topological polar surface area (TPSA) is 162 Å². The van der Waals surface area contributed by atoms with Crippen LogP contribution in [0.1, 0.15) is 46.3 Å². The van der Waals surface area contributed by atoms with Crippen molar-refractivity contribution in [2.75, 3.05) is 11.9 Å². The normalized spacial score (nSPS) is 33.9. The van der Waals surface area contributed by atoms with Gasteiger partial charge in [0, 0.05) is 0 Å². The minimum atomic E-state index is -1.45. The SMILES string of the molecule is CCCCCOC(=O)Nc1nc(=O)n([C@@H]2O[C@H](C)[C@H](O[C@H]3O[C@H](C)[C@@H](O)[C@@H]3O)[C@@H]2O)cc1F. The molecule has 3 heterocycles. The van der Waals surface area contributed by atoms with Crippen LogP contribution in [0.2, 0.25) is 0 Å². The summed E-state index contributed by atoms with van der Waals surface area (Å²) >= 11 is 0. The lowest BCUT2D eigenvalue weighted by Crippen LogP contribution is -2.42. The number of nitrogens with zero attached hydrogens (tertiary/aromatic N) is 2. The summed E-state index contributed by atoms with van der Waals surface area (Å²) in [6, 6.07) is 0. The van der Waals surface area contributed by atoms with Crippen LogP contribution in [0.25, 0.3) is 0 Å². The number of hydrogen-bond acceptors (Lipinski definition) is 10. The summed E-state index contributed by atoms with van der Waals surface area (Å²) in [5, 5.41) is 32.6. The first-order valence-electron chi connectivity index (χ1n) is 10.9. The van der Waals surface area contributed by atoms with Crippen LogP contribution < -0.4 is 11.0 Å². The van der Waals surface area contributed by atoms with Crippen molar-refractivity contribution in [3.05, 3.63) is 22.5 Å². The van der Waals surface area contributed by atoms with Gasteiger partial charge < -0.3 is 34.3 Å². The maximum atomic E-state index is 14.5. The molecule has 33 heavy (non-hydrogen) atoms. The standard InChI is InChI=1S/C20H30FN3O9/c1-4-5-6-7-30-20(29)23-16-11(21)8-24(19(28)22-16)17-14(27)15(10(3)31-17)33-18-13(26)12(25)9(2)32-18/h8-10,12-15,17-18,25-27H,4-7H2,1-3H3,(H,22,23,28,29)/t9-,10-,12-,13+,14+,15+,17-,18-/m1/s1. The van der Waals surface area contributed by atoms with Crippen molar-refractivity contribution in [2.24, 2.45) is 0 Å². The Hall–Kier alpha value is -2.16. The van der Waals surface area contributed by atoms with Gasteiger partial charge in [0.25, 0.3) is 0 Å². The third-order valence-electron chi connectivity index (χ3n) is 5.58. The van der Waals surface area contributed by atoms with E-state index in [1.807, 2.05) is 6.92 Å². The first kappa shape index (κ1) is 25.5. The Morgan fingerprint density at radius 2 is 1.91 bits per heavy atom. The van der Waals surface area contributed by atoms with Crippen molar-refractivity contribution < 1.29 is 43.5 Å². The molecule has 0 bridgehead atoms. The van der Waals surface area contributed by atoms with Crippen LogP contribution in [0.3, 0.4) is 0 Å². The summed E-state index contributed by atoms with van der Waals surface area (Å²) in [5.74, 6) is -1.66. The van der Waals surface area contributed by atoms with Crippen molar-refractivity contribution in [1.29, 1.82) is 0 Å². The number of rotatable bonds is 8. The molecule has 2 fully saturated rings. The zero-order valence-electron chi connectivity index (χ0n) is 18.6. The number of hydrogen-bond donors (Lipinski definition) is 4. The molecule has 13 heteroatoms. The van der Waals surface area contributed by atoms with E-state index in [2.05, 4.69) is 10.3 Å². The second kappa shape index (κ2) is 10.8. The maximum absolute atomic E-state index is 14.5. The average Bonchev–Trinajstić information content (AvgIpc) is 3.18. The molecule has 8 atom stereocenters. The van der Waals surface area contributed by atoms with Crippen molar-refractivity contribution in [2.45, 2.75) is 89.2 Å². The molecule has 12 nitrogen and oxygen atoms in total. The second-order valence-electron chi connectivity index (χ2n) is 8.11. The Morgan fingerprint density at radius 3 is 2.55 bits per heavy atom. The molecule has 0 aliphatic carbocycles. The van der Waals surface area contributed by atoms with Crippen molar-refractivity contribution in [1.82, 2.24) is 9.55 Å². The fourth-order valence-electron chi connectivity index (χ4n) is 3.68. The molecule has 1 amide bonds. The molecular weight excluding hydrogens is 445 g/mol. The highest BCUT2D eigenvalue weighted by atomic mass is 19.1. The van der Waals surface area contributed by atoms with Gasteiger partial charge >= 0.3 is 11.8 Å². The van der Waals surface area contributed by atoms with Gasteiger partial charge in [0.1, 0.15) is 24.4 Å². The lowest BCUT2D eigenvalue weighted by atomic mass is 10.1. The molecule has 186 valence electrons. The van der Waals surface area contributed by atoms with Gasteiger partial charge in [-0.25, -0.2) is 14.0 Å². The molecule has 2 aliphatic heterocycles. The number of carbonyl (C=O) groups is 1. The van der Waals surface area contributed by atoms with E-state index < -0.39 is 72.6 Å². The molecule has 0 aromatic carbocycles. The number of aromatic nitrogens is 2. The third-order valence-corrected chi connectivity index (χ3v) is 5.58. The number of nitrogens with one attached hydrogen (secondary N) is 1. The van der Waals surface area contributed by atoms with Crippen LogP contribution in [0.15, 0.2) is 11.0 Å². The lowest BCUT2D eigenvalue weighted by molar-refractivity contribution is -0.207. The zero-order valence-corrected chi connectivity index (χ0v) is 18.6. The molecule has 1 aromatic heterocycles. The number of aliphatic hydroxyl groups excluding tert-OH is 3. The van der Waals surface area contributed by atoms with Crippen LogP contribution in [0, 0.1) is 5.82 Å². The third kappa shape index (κ3) is 5.67. The van der Waals surface area contributed by atoms with Crippen LogP contribution >= 0.6 is 0 Å². The van der Waals surface area contributed by atoms with E-state index >= 15 is 0 Å². The summed E-state index contributed by atoms with van der Waals surface area (Å²) < 4.78 is 36.7. The van der Waals surface area contributed by atoms with E-state index in [0.717, 1.165) is 23.6 Å². The van der Waals surface area contributed by atoms with Gasteiger partial charge in [-0.2, -0.15) is 4.98 Å². The fraction of sp³-hybridized carbons (Fsp3) is 0.750. The van der Waals surface area contributed by atoms with Crippen LogP contribution in [0.4, 0.5) is 15.0 Å². The highest BCUT2D eigenvalue weighted by Gasteiger charge is 2.49. The Bertz CT molecular complexity index is 885. The van der Waals surface area contributed by atoms with Crippen LogP contribution in [-0.4, -0.2) is 80.5 Å². The summed E-state index contributed by atoms with van der Waals surface area (Å²) in [6.45, 7) is 5.24. The summed E-state index contributed by atoms with van der Waals surface area (Å²) in [4.78, 5) is 27.8. The van der Waals surface area contributed by atoms with Gasteiger partial charge in [0.2, 0.25) is 0 Å². The average molecular weight is 475 g/mol. The molecule has 0 unspecified atom stereocenters. The molecule has 0 spiro atoms. The van der Waals surface area contributed by atoms with E-state index in [4.69, 9.17) is 18.9 Å². The first-order valence-corrected chi connectivity index (χ1v) is 10.9. The Balaban J connectivity index is 1.67. The molecular formula is C20H30FN3O9. The predicted molar refractivity (Wildman–Crippen MR) is 110 cm³/mol. The maximum Gasteiger partial charge on any atom is 0.412 e. The quantitative estimate of drug-likeness (QED) is 0.384. The van der Waals surface area contributed by atoms with Gasteiger partial charge in [-0.1, -0.05) is 19.8 Å². The number of unbranched alkanes of at least 4 members (excludes halogenated alkanes) is 2. The Kier molecular flexibility index (Phi) is 8.37. The number of anilines is 1. The number of ether oxygens (including phenoxy) is 4. The fourth-order valence-corrected chi connectivity index (χ4v) is 3.68. The lowest BCUT2D eigenvalue weighted by Gasteiger charge is -2.24. The van der Waals surface area contributed by atoms with E-state index in [-0.39, 0.29) is 6.61 Å². The molecule has 0 saturated carbocycles. The monoisotopic (exact) mass is 475 g/mol. The number of halogens is 1. The minimum Gasteiger partial charge on any atom is -0.449 e. The molecule has 2 saturated heterocycles. The predicted octanol–water partition coefficient (Wildman–Crippen LogP) is 0.251. The number of aliphatic hydroxyl groups is 3. The van der Waals surface area contributed by atoms with Crippen molar-refractivity contribution >= 4 is 11.9 Å². The summed E-state index contributed by atoms with van der Waals surface area (Å²) in [5.41, 5.74) is -0.990. The molecule has 2 aliphatic rings. The smallest absolute Gasteiger partial charge is 0.412 e. The number of carbonyl (C=O) groups excluding carboxylic acids is 1. The highest BCUT2D eigenvalue weighted by molar-refractivity contribution is 5.83. The van der Waals surface area contributed by atoms with E-state index in [9.17, 15) is 29.3 Å². The van der Waals surface area contributed by atoms with Gasteiger partial charge in [0.05, 0.1) is 25.0 Å². The highest BCUT2D eigenvalue weighted by Crippen LogP contribution is 2.33.